The van der Waals surface area contributed by atoms with Crippen LogP contribution in [-0.2, 0) is 4.79 Å². The summed E-state index contributed by atoms with van der Waals surface area (Å²) in [6.07, 6.45) is 0. The highest BCUT2D eigenvalue weighted by atomic mass is 16.1. The monoisotopic (exact) mass is 289 g/mol. The topological polar surface area (TPSA) is 53.8 Å². The predicted molar refractivity (Wildman–Crippen MR) is 88.9 cm³/mol. The fraction of sp³-hybridized carbons (Fsp3) is 0.0556. The Morgan fingerprint density at radius 3 is 2.41 bits per heavy atom. The number of nitrogens with zero attached hydrogens (tertiary/aromatic N) is 2. The lowest BCUT2D eigenvalue weighted by molar-refractivity contribution is -0.114. The van der Waals surface area contributed by atoms with Gasteiger partial charge in [0.15, 0.2) is 0 Å². The number of para-hydroxylation sites is 1. The molecule has 0 aliphatic rings. The van der Waals surface area contributed by atoms with Gasteiger partial charge < -0.3 is 5.32 Å². The van der Waals surface area contributed by atoms with Crippen molar-refractivity contribution >= 4 is 33.7 Å². The minimum absolute atomic E-state index is 0.131. The summed E-state index contributed by atoms with van der Waals surface area (Å²) in [5, 5.41) is 13.5. The van der Waals surface area contributed by atoms with E-state index in [0.717, 1.165) is 11.1 Å². The highest BCUT2D eigenvalue weighted by molar-refractivity contribution is 5.91. The molecule has 0 aliphatic carbocycles. The van der Waals surface area contributed by atoms with E-state index in [1.54, 1.807) is 6.07 Å². The molecule has 0 unspecified atom stereocenters. The fourth-order valence-electron chi connectivity index (χ4n) is 2.21. The lowest BCUT2D eigenvalue weighted by Gasteiger charge is -2.04. The molecule has 0 spiro atoms. The molecule has 0 radical (unpaired) electrons. The Labute approximate surface area is 128 Å². The quantitative estimate of drug-likeness (QED) is 0.661. The van der Waals surface area contributed by atoms with Gasteiger partial charge in [0.1, 0.15) is 5.69 Å². The Morgan fingerprint density at radius 2 is 1.59 bits per heavy atom. The molecule has 0 aromatic heterocycles. The number of nitrogens with one attached hydrogen (secondary N) is 1. The molecule has 0 bridgehead atoms. The lowest BCUT2D eigenvalue weighted by atomic mass is 10.1. The maximum absolute atomic E-state index is 11.2. The number of carbonyl (C=O) groups excluding carboxylic acids is 1. The van der Waals surface area contributed by atoms with Gasteiger partial charge in [0, 0.05) is 6.92 Å². The van der Waals surface area contributed by atoms with Gasteiger partial charge in [-0.25, -0.2) is 0 Å². The molecule has 3 aromatic carbocycles. The van der Waals surface area contributed by atoms with Crippen molar-refractivity contribution in [1.82, 2.24) is 0 Å². The second kappa shape index (κ2) is 6.18. The van der Waals surface area contributed by atoms with Crippen molar-refractivity contribution in [2.24, 2.45) is 10.2 Å². The van der Waals surface area contributed by atoms with Crippen LogP contribution in [0.3, 0.4) is 0 Å². The van der Waals surface area contributed by atoms with Gasteiger partial charge in [0.05, 0.1) is 11.4 Å². The highest BCUT2D eigenvalue weighted by Crippen LogP contribution is 2.27. The molecule has 3 aromatic rings. The fourth-order valence-corrected chi connectivity index (χ4v) is 2.21. The summed E-state index contributed by atoms with van der Waals surface area (Å²) in [5.41, 5.74) is 2.06. The standard InChI is InChI=1S/C18H15N3O/c1-13(22)19-17-8-4-5-9-18(17)21-20-16-11-10-14-6-2-3-7-15(14)12-16/h2-12H,1H3,(H,19,22). The Bertz CT molecular complexity index is 856. The molecule has 1 amide bonds. The summed E-state index contributed by atoms with van der Waals surface area (Å²) in [6.45, 7) is 1.47. The van der Waals surface area contributed by atoms with E-state index in [4.69, 9.17) is 0 Å². The molecule has 0 saturated carbocycles. The second-order valence-corrected chi connectivity index (χ2v) is 4.93. The lowest BCUT2D eigenvalue weighted by Crippen LogP contribution is -2.05. The van der Waals surface area contributed by atoms with Gasteiger partial charge >= 0.3 is 0 Å². The Morgan fingerprint density at radius 1 is 0.864 bits per heavy atom. The molecule has 108 valence electrons. The van der Waals surface area contributed by atoms with Gasteiger partial charge in [-0.15, -0.1) is 5.11 Å². The molecule has 0 atom stereocenters. The third kappa shape index (κ3) is 3.17. The van der Waals surface area contributed by atoms with Crippen LogP contribution in [0.1, 0.15) is 6.92 Å². The number of hydrogen-bond acceptors (Lipinski definition) is 3. The second-order valence-electron chi connectivity index (χ2n) is 4.93. The van der Waals surface area contributed by atoms with Crippen LogP contribution in [-0.4, -0.2) is 5.91 Å². The normalized spacial score (nSPS) is 11.0. The van der Waals surface area contributed by atoms with Gasteiger partial charge in [-0.1, -0.05) is 42.5 Å². The van der Waals surface area contributed by atoms with E-state index in [1.165, 1.54) is 12.3 Å². The molecule has 0 aliphatic heterocycles. The van der Waals surface area contributed by atoms with Crippen molar-refractivity contribution < 1.29 is 4.79 Å². The number of azo groups is 1. The SMILES string of the molecule is CC(=O)Nc1ccccc1N=Nc1ccc2ccccc2c1. The third-order valence-electron chi connectivity index (χ3n) is 3.22. The smallest absolute Gasteiger partial charge is 0.221 e. The summed E-state index contributed by atoms with van der Waals surface area (Å²) in [7, 11) is 0. The van der Waals surface area contributed by atoms with E-state index in [9.17, 15) is 4.79 Å². The van der Waals surface area contributed by atoms with Gasteiger partial charge in [-0.2, -0.15) is 5.11 Å². The van der Waals surface area contributed by atoms with Crippen molar-refractivity contribution in [2.45, 2.75) is 6.92 Å². The van der Waals surface area contributed by atoms with Gasteiger partial charge in [0.2, 0.25) is 5.91 Å². The molecule has 0 fully saturated rings. The Balaban J connectivity index is 1.91. The third-order valence-corrected chi connectivity index (χ3v) is 3.22. The van der Waals surface area contributed by atoms with Crippen LogP contribution >= 0.6 is 0 Å². The maximum atomic E-state index is 11.2. The number of fused-ring (bicyclic) bond motifs is 1. The van der Waals surface area contributed by atoms with Crippen LogP contribution in [0.2, 0.25) is 0 Å². The van der Waals surface area contributed by atoms with Crippen LogP contribution in [0.25, 0.3) is 10.8 Å². The maximum Gasteiger partial charge on any atom is 0.221 e. The number of benzene rings is 3. The van der Waals surface area contributed by atoms with Crippen LogP contribution in [0, 0.1) is 0 Å². The largest absolute Gasteiger partial charge is 0.324 e. The summed E-state index contributed by atoms with van der Waals surface area (Å²) < 4.78 is 0. The van der Waals surface area contributed by atoms with Crippen molar-refractivity contribution in [2.75, 3.05) is 5.32 Å². The number of carbonyl (C=O) groups is 1. The minimum atomic E-state index is -0.131. The van der Waals surface area contributed by atoms with E-state index in [0.29, 0.717) is 11.4 Å². The molecule has 3 rings (SSSR count). The first-order valence-electron chi connectivity index (χ1n) is 6.99. The molecular formula is C18H15N3O. The Hall–Kier alpha value is -3.01. The zero-order chi connectivity index (χ0) is 15.4. The van der Waals surface area contributed by atoms with Crippen molar-refractivity contribution in [3.63, 3.8) is 0 Å². The van der Waals surface area contributed by atoms with E-state index in [1.807, 2.05) is 54.6 Å². The molecule has 0 saturated heterocycles. The summed E-state index contributed by atoms with van der Waals surface area (Å²) >= 11 is 0. The van der Waals surface area contributed by atoms with Gasteiger partial charge in [-0.3, -0.25) is 4.79 Å². The van der Waals surface area contributed by atoms with Crippen LogP contribution in [0.5, 0.6) is 0 Å². The van der Waals surface area contributed by atoms with Gasteiger partial charge in [-0.05, 0) is 35.0 Å². The first kappa shape index (κ1) is 13.9. The van der Waals surface area contributed by atoms with E-state index >= 15 is 0 Å². The first-order chi connectivity index (χ1) is 10.7. The molecule has 4 nitrogen and oxygen atoms in total. The summed E-state index contributed by atoms with van der Waals surface area (Å²) in [6, 6.07) is 21.4. The molecule has 22 heavy (non-hydrogen) atoms. The van der Waals surface area contributed by atoms with Crippen molar-refractivity contribution in [3.05, 3.63) is 66.7 Å². The minimum Gasteiger partial charge on any atom is -0.324 e. The number of amides is 1. The summed E-state index contributed by atoms with van der Waals surface area (Å²) in [4.78, 5) is 11.2. The first-order valence-corrected chi connectivity index (χ1v) is 6.99. The number of hydrogen-bond donors (Lipinski definition) is 1. The zero-order valence-corrected chi connectivity index (χ0v) is 12.2. The summed E-state index contributed by atoms with van der Waals surface area (Å²) in [5.74, 6) is -0.131. The number of anilines is 1. The average molecular weight is 289 g/mol. The molecule has 1 N–H and O–H groups in total. The van der Waals surface area contributed by atoms with Crippen LogP contribution < -0.4 is 5.32 Å². The van der Waals surface area contributed by atoms with Crippen LogP contribution in [0.15, 0.2) is 77.0 Å². The molecule has 4 heteroatoms. The van der Waals surface area contributed by atoms with Crippen LogP contribution in [0.4, 0.5) is 17.1 Å². The van der Waals surface area contributed by atoms with Gasteiger partial charge in [0.25, 0.3) is 0 Å². The Kier molecular flexibility index (Phi) is 3.92. The van der Waals surface area contributed by atoms with E-state index in [-0.39, 0.29) is 5.91 Å². The highest BCUT2D eigenvalue weighted by Gasteiger charge is 2.02. The van der Waals surface area contributed by atoms with Crippen molar-refractivity contribution in [1.29, 1.82) is 0 Å². The average Bonchev–Trinajstić information content (AvgIpc) is 2.53. The predicted octanol–water partition coefficient (Wildman–Crippen LogP) is 5.21. The van der Waals surface area contributed by atoms with Crippen molar-refractivity contribution in [3.8, 4) is 0 Å². The van der Waals surface area contributed by atoms with E-state index < -0.39 is 0 Å². The molecular weight excluding hydrogens is 274 g/mol. The zero-order valence-electron chi connectivity index (χ0n) is 12.2. The number of rotatable bonds is 3. The molecule has 0 heterocycles. The van der Waals surface area contributed by atoms with E-state index in [2.05, 4.69) is 21.6 Å².